The summed E-state index contributed by atoms with van der Waals surface area (Å²) in [5, 5.41) is 3.73. The average Bonchev–Trinajstić information content (AvgIpc) is 2.74. The zero-order valence-corrected chi connectivity index (χ0v) is 16.8. The lowest BCUT2D eigenvalue weighted by Gasteiger charge is -2.46. The highest BCUT2D eigenvalue weighted by molar-refractivity contribution is 5.84. The largest absolute Gasteiger partial charge is 0.355 e. The first-order valence-electron chi connectivity index (χ1n) is 10.3. The third-order valence-corrected chi connectivity index (χ3v) is 6.65. The first-order chi connectivity index (χ1) is 14.2. The molecule has 6 rings (SSSR count). The van der Waals surface area contributed by atoms with E-state index in [0.29, 0.717) is 0 Å². The molecule has 0 aromatic heterocycles. The fourth-order valence-corrected chi connectivity index (χ4v) is 5.46. The van der Waals surface area contributed by atoms with Gasteiger partial charge >= 0.3 is 0 Å². The lowest BCUT2D eigenvalue weighted by atomic mass is 9.58. The zero-order chi connectivity index (χ0) is 19.6. The van der Waals surface area contributed by atoms with Crippen LogP contribution in [0, 0.1) is 13.8 Å². The second-order valence-corrected chi connectivity index (χ2v) is 8.46. The molecular formula is C28H23N. The number of aryl methyl sites for hydroxylation is 2. The van der Waals surface area contributed by atoms with Gasteiger partial charge in [-0.3, -0.25) is 0 Å². The van der Waals surface area contributed by atoms with Crippen LogP contribution < -0.4 is 5.32 Å². The minimum atomic E-state index is -0.292. The molecule has 0 atom stereocenters. The number of benzene rings is 4. The summed E-state index contributed by atoms with van der Waals surface area (Å²) in [6, 6.07) is 31.7. The summed E-state index contributed by atoms with van der Waals surface area (Å²) < 4.78 is 0. The quantitative estimate of drug-likeness (QED) is 0.314. The summed E-state index contributed by atoms with van der Waals surface area (Å²) in [5.74, 6) is 0. The first kappa shape index (κ1) is 16.6. The minimum absolute atomic E-state index is 0.292. The van der Waals surface area contributed by atoms with Crippen molar-refractivity contribution < 1.29 is 0 Å². The molecule has 4 aromatic carbocycles. The van der Waals surface area contributed by atoms with E-state index in [1.165, 1.54) is 55.9 Å². The summed E-state index contributed by atoms with van der Waals surface area (Å²) in [6.45, 7) is 4.39. The molecule has 0 saturated heterocycles. The number of hydrogen-bond donors (Lipinski definition) is 1. The molecule has 0 bridgehead atoms. The second kappa shape index (κ2) is 5.84. The molecule has 1 heteroatoms. The summed E-state index contributed by atoms with van der Waals surface area (Å²) in [6.07, 6.45) is 0.990. The molecule has 0 saturated carbocycles. The maximum atomic E-state index is 3.73. The van der Waals surface area contributed by atoms with Crippen LogP contribution >= 0.6 is 0 Å². The Morgan fingerprint density at radius 1 is 0.586 bits per heavy atom. The Kier molecular flexibility index (Phi) is 3.35. The molecule has 2 aliphatic rings. The van der Waals surface area contributed by atoms with E-state index in [1.54, 1.807) is 0 Å². The molecule has 29 heavy (non-hydrogen) atoms. The first-order valence-corrected chi connectivity index (χ1v) is 10.3. The molecule has 1 nitrogen and oxygen atoms in total. The molecule has 4 aromatic rings. The van der Waals surface area contributed by atoms with E-state index < -0.39 is 0 Å². The SMILES string of the molecule is Cc1ccc2c(c1)C1(c3ccccc3Cc3ccccc31)c1cc(C)ccc1N2. The van der Waals surface area contributed by atoms with Gasteiger partial charge in [0.25, 0.3) is 0 Å². The zero-order valence-electron chi connectivity index (χ0n) is 16.8. The van der Waals surface area contributed by atoms with Crippen LogP contribution in [0.1, 0.15) is 44.5 Å². The van der Waals surface area contributed by atoms with Crippen LogP contribution in [0.4, 0.5) is 11.4 Å². The van der Waals surface area contributed by atoms with Crippen molar-refractivity contribution in [3.63, 3.8) is 0 Å². The number of nitrogens with one attached hydrogen (secondary N) is 1. The van der Waals surface area contributed by atoms with Gasteiger partial charge < -0.3 is 5.32 Å². The van der Waals surface area contributed by atoms with E-state index in [-0.39, 0.29) is 5.41 Å². The van der Waals surface area contributed by atoms with E-state index >= 15 is 0 Å². The van der Waals surface area contributed by atoms with E-state index in [1.807, 2.05) is 0 Å². The van der Waals surface area contributed by atoms with Crippen LogP contribution in [0.2, 0.25) is 0 Å². The number of anilines is 2. The number of fused-ring (bicyclic) bond motifs is 8. The highest BCUT2D eigenvalue weighted by atomic mass is 14.9. The number of hydrogen-bond acceptors (Lipinski definition) is 1. The van der Waals surface area contributed by atoms with Gasteiger partial charge in [-0.05, 0) is 65.8 Å². The topological polar surface area (TPSA) is 12.0 Å². The summed E-state index contributed by atoms with van der Waals surface area (Å²) in [5.41, 5.74) is 13.1. The molecule has 0 unspecified atom stereocenters. The molecule has 1 spiro atoms. The predicted molar refractivity (Wildman–Crippen MR) is 120 cm³/mol. The molecule has 1 aliphatic heterocycles. The lowest BCUT2D eigenvalue weighted by molar-refractivity contribution is 0.698. The fourth-order valence-electron chi connectivity index (χ4n) is 5.46. The van der Waals surface area contributed by atoms with Gasteiger partial charge in [-0.15, -0.1) is 0 Å². The van der Waals surface area contributed by atoms with Crippen molar-refractivity contribution in [1.82, 2.24) is 0 Å². The van der Waals surface area contributed by atoms with E-state index in [0.717, 1.165) is 6.42 Å². The van der Waals surface area contributed by atoms with Gasteiger partial charge in [0.2, 0.25) is 0 Å². The van der Waals surface area contributed by atoms with Crippen molar-refractivity contribution in [2.45, 2.75) is 25.7 Å². The van der Waals surface area contributed by atoms with Crippen molar-refractivity contribution in [2.75, 3.05) is 5.32 Å². The predicted octanol–water partition coefficient (Wildman–Crippen LogP) is 6.65. The van der Waals surface area contributed by atoms with Crippen molar-refractivity contribution in [3.8, 4) is 0 Å². The second-order valence-electron chi connectivity index (χ2n) is 8.46. The van der Waals surface area contributed by atoms with Crippen molar-refractivity contribution in [3.05, 3.63) is 129 Å². The third-order valence-electron chi connectivity index (χ3n) is 6.65. The maximum absolute atomic E-state index is 3.73. The Balaban J connectivity index is 1.86. The van der Waals surface area contributed by atoms with Crippen LogP contribution in [0.3, 0.4) is 0 Å². The normalized spacial score (nSPS) is 15.0. The molecular weight excluding hydrogens is 350 g/mol. The minimum Gasteiger partial charge on any atom is -0.355 e. The fraction of sp³-hybridized carbons (Fsp3) is 0.143. The lowest BCUT2D eigenvalue weighted by Crippen LogP contribution is -2.39. The standard InChI is InChI=1S/C28H23N/c1-18-11-13-26-24(15-18)28(25-16-19(2)12-14-27(25)29-26)22-9-5-3-7-20(22)17-21-8-4-6-10-23(21)28/h3-16,29H,17H2,1-2H3. The van der Waals surface area contributed by atoms with Gasteiger partial charge in [-0.1, -0.05) is 83.9 Å². The van der Waals surface area contributed by atoms with Gasteiger partial charge in [0.1, 0.15) is 0 Å². The summed E-state index contributed by atoms with van der Waals surface area (Å²) >= 11 is 0. The monoisotopic (exact) mass is 373 g/mol. The van der Waals surface area contributed by atoms with Gasteiger partial charge in [0.15, 0.2) is 0 Å². The van der Waals surface area contributed by atoms with E-state index in [9.17, 15) is 0 Å². The van der Waals surface area contributed by atoms with Crippen molar-refractivity contribution in [1.29, 1.82) is 0 Å². The van der Waals surface area contributed by atoms with Crippen molar-refractivity contribution in [2.24, 2.45) is 0 Å². The maximum Gasteiger partial charge on any atom is 0.0747 e. The molecule has 0 amide bonds. The Labute approximate surface area is 172 Å². The van der Waals surface area contributed by atoms with Gasteiger partial charge in [-0.25, -0.2) is 0 Å². The van der Waals surface area contributed by atoms with Crippen molar-refractivity contribution >= 4 is 11.4 Å². The van der Waals surface area contributed by atoms with Crippen LogP contribution in [0.15, 0.2) is 84.9 Å². The van der Waals surface area contributed by atoms with Gasteiger partial charge in [-0.2, -0.15) is 0 Å². The number of rotatable bonds is 0. The van der Waals surface area contributed by atoms with E-state index in [4.69, 9.17) is 0 Å². The Morgan fingerprint density at radius 2 is 1.07 bits per heavy atom. The van der Waals surface area contributed by atoms with Crippen LogP contribution in [-0.2, 0) is 11.8 Å². The van der Waals surface area contributed by atoms with Crippen LogP contribution in [-0.4, -0.2) is 0 Å². The van der Waals surface area contributed by atoms with Crippen LogP contribution in [0.25, 0.3) is 0 Å². The molecule has 0 fully saturated rings. The molecule has 140 valence electrons. The Bertz CT molecular complexity index is 1180. The van der Waals surface area contributed by atoms with Crippen LogP contribution in [0.5, 0.6) is 0 Å². The Morgan fingerprint density at radius 3 is 1.59 bits per heavy atom. The molecule has 1 heterocycles. The Hall–Kier alpha value is -3.32. The van der Waals surface area contributed by atoms with Gasteiger partial charge in [0, 0.05) is 11.4 Å². The summed E-state index contributed by atoms with van der Waals surface area (Å²) in [4.78, 5) is 0. The molecule has 1 N–H and O–H groups in total. The average molecular weight is 373 g/mol. The highest BCUT2D eigenvalue weighted by Crippen LogP contribution is 2.57. The highest BCUT2D eigenvalue weighted by Gasteiger charge is 2.48. The molecule has 0 radical (unpaired) electrons. The van der Waals surface area contributed by atoms with Gasteiger partial charge in [0.05, 0.1) is 5.41 Å². The summed E-state index contributed by atoms with van der Waals surface area (Å²) in [7, 11) is 0. The molecule has 1 aliphatic carbocycles. The smallest absolute Gasteiger partial charge is 0.0747 e. The third kappa shape index (κ3) is 2.16. The van der Waals surface area contributed by atoms with E-state index in [2.05, 4.69) is 104 Å².